The largest absolute Gasteiger partial charge is 0.495 e. The fourth-order valence-corrected chi connectivity index (χ4v) is 4.51. The van der Waals surface area contributed by atoms with Crippen LogP contribution >= 0.6 is 23.2 Å². The molecule has 1 atom stereocenters. The molecule has 0 aliphatic carbocycles. The predicted octanol–water partition coefficient (Wildman–Crippen LogP) is 8.01. The van der Waals surface area contributed by atoms with E-state index in [4.69, 9.17) is 33.3 Å². The highest BCUT2D eigenvalue weighted by atomic mass is 35.5. The van der Waals surface area contributed by atoms with Crippen LogP contribution in [0.5, 0.6) is 5.75 Å². The number of halogens is 2. The van der Waals surface area contributed by atoms with Crippen molar-refractivity contribution in [3.63, 3.8) is 0 Å². The summed E-state index contributed by atoms with van der Waals surface area (Å²) in [5.74, 6) is 0.605. The number of carbonyl (C=O) groups is 1. The van der Waals surface area contributed by atoms with Crippen molar-refractivity contribution in [2.24, 2.45) is 5.92 Å². The van der Waals surface area contributed by atoms with Crippen molar-refractivity contribution in [2.45, 2.75) is 33.7 Å². The highest BCUT2D eigenvalue weighted by Gasteiger charge is 2.28. The monoisotopic (exact) mass is 523 g/mol. The summed E-state index contributed by atoms with van der Waals surface area (Å²) in [4.78, 5) is 12.1. The van der Waals surface area contributed by atoms with Crippen LogP contribution in [0.15, 0.2) is 71.9 Å². The van der Waals surface area contributed by atoms with Gasteiger partial charge in [0.15, 0.2) is 6.29 Å². The van der Waals surface area contributed by atoms with Crippen LogP contribution in [0, 0.1) is 25.2 Å². The van der Waals surface area contributed by atoms with Gasteiger partial charge in [0.25, 0.3) is 0 Å². The Morgan fingerprint density at radius 1 is 0.944 bits per heavy atom. The van der Waals surface area contributed by atoms with Gasteiger partial charge in [-0.1, -0.05) is 61.3 Å². The first kappa shape index (κ1) is 27.3. The van der Waals surface area contributed by atoms with E-state index in [2.05, 4.69) is 10.6 Å². The second-order valence-electron chi connectivity index (χ2n) is 8.88. The third kappa shape index (κ3) is 6.28. The van der Waals surface area contributed by atoms with Gasteiger partial charge in [-0.05, 0) is 72.9 Å². The lowest BCUT2D eigenvalue weighted by atomic mass is 9.87. The van der Waals surface area contributed by atoms with Crippen molar-refractivity contribution >= 4 is 46.6 Å². The number of carbonyl (C=O) groups excluding carboxylic acids is 1. The molecule has 0 aromatic heterocycles. The Morgan fingerprint density at radius 2 is 1.61 bits per heavy atom. The molecular weight excluding hydrogens is 493 g/mol. The average Bonchev–Trinajstić information content (AvgIpc) is 2.85. The van der Waals surface area contributed by atoms with Gasteiger partial charge in [0.05, 0.1) is 18.8 Å². The molecule has 0 aliphatic heterocycles. The van der Waals surface area contributed by atoms with E-state index in [0.29, 0.717) is 27.7 Å². The third-order valence-electron chi connectivity index (χ3n) is 5.98. The van der Waals surface area contributed by atoms with Crippen LogP contribution in [0.2, 0.25) is 10.0 Å². The van der Waals surface area contributed by atoms with Crippen LogP contribution in [-0.4, -0.2) is 19.1 Å². The molecule has 0 fully saturated rings. The van der Waals surface area contributed by atoms with Crippen molar-refractivity contribution < 1.29 is 9.53 Å². The molecule has 0 saturated heterocycles. The summed E-state index contributed by atoms with van der Waals surface area (Å²) in [6.45, 7) is 7.99. The van der Waals surface area contributed by atoms with Gasteiger partial charge in [-0.25, -0.2) is 0 Å². The Balaban J connectivity index is 2.31. The molecule has 0 bridgehead atoms. The van der Waals surface area contributed by atoms with E-state index >= 15 is 0 Å². The van der Waals surface area contributed by atoms with E-state index in [1.165, 1.54) is 0 Å². The maximum Gasteiger partial charge on any atom is 0.168 e. The SMILES string of the molecule is COc1ccccc1N/C(=C(\C(=N)C=O)C(Nc1cc(Cl)ccc1C)c1ccc(Cl)cc1C)C(C)C. The number of para-hydroxylation sites is 2. The molecule has 0 aliphatic rings. The minimum absolute atomic E-state index is 0.0532. The molecule has 3 rings (SSSR count). The van der Waals surface area contributed by atoms with Crippen molar-refractivity contribution in [3.8, 4) is 5.75 Å². The second kappa shape index (κ2) is 12.1. The highest BCUT2D eigenvalue weighted by Crippen LogP contribution is 2.37. The molecule has 3 N–H and O–H groups in total. The van der Waals surface area contributed by atoms with E-state index in [-0.39, 0.29) is 11.6 Å². The number of rotatable bonds is 10. The molecule has 0 spiro atoms. The van der Waals surface area contributed by atoms with Gasteiger partial charge < -0.3 is 15.4 Å². The maximum absolute atomic E-state index is 12.1. The number of hydrogen-bond donors (Lipinski definition) is 3. The van der Waals surface area contributed by atoms with Gasteiger partial charge in [-0.3, -0.25) is 10.2 Å². The van der Waals surface area contributed by atoms with Gasteiger partial charge in [0, 0.05) is 27.0 Å². The average molecular weight is 524 g/mol. The molecule has 3 aromatic carbocycles. The first-order valence-electron chi connectivity index (χ1n) is 11.6. The highest BCUT2D eigenvalue weighted by molar-refractivity contribution is 6.35. The fourth-order valence-electron chi connectivity index (χ4n) is 4.11. The lowest BCUT2D eigenvalue weighted by Crippen LogP contribution is -2.26. The van der Waals surface area contributed by atoms with Gasteiger partial charge >= 0.3 is 0 Å². The number of aldehydes is 1. The Kier molecular flexibility index (Phi) is 9.19. The van der Waals surface area contributed by atoms with Crippen molar-refractivity contribution in [1.29, 1.82) is 5.41 Å². The van der Waals surface area contributed by atoms with E-state index in [1.54, 1.807) is 7.11 Å². The molecule has 188 valence electrons. The summed E-state index contributed by atoms with van der Waals surface area (Å²) < 4.78 is 5.54. The number of nitrogens with one attached hydrogen (secondary N) is 3. The molecular formula is C29H31Cl2N3O2. The fraction of sp³-hybridized carbons (Fsp3) is 0.241. The number of anilines is 2. The van der Waals surface area contributed by atoms with Crippen LogP contribution < -0.4 is 15.4 Å². The quantitative estimate of drug-likeness (QED) is 0.186. The molecule has 7 heteroatoms. The van der Waals surface area contributed by atoms with Crippen molar-refractivity contribution in [3.05, 3.63) is 98.7 Å². The standard InChI is InChI=1S/C29H31Cl2N3O2/c1-17(2)28(33-24-8-6-7-9-26(24)36-5)27(23(32)16-35)29(22-13-12-20(30)14-19(22)4)34-25-15-21(31)11-10-18(25)3/h6-17,29,32-34H,1-5H3/b28-27+,32-23?. The predicted molar refractivity (Wildman–Crippen MR) is 151 cm³/mol. The lowest BCUT2D eigenvalue weighted by molar-refractivity contribution is -0.102. The van der Waals surface area contributed by atoms with Crippen LogP contribution in [0.3, 0.4) is 0 Å². The summed E-state index contributed by atoms with van der Waals surface area (Å²) in [6, 6.07) is 18.2. The Morgan fingerprint density at radius 3 is 2.25 bits per heavy atom. The van der Waals surface area contributed by atoms with Gasteiger partial charge in [0.1, 0.15) is 11.5 Å². The number of hydrogen-bond acceptors (Lipinski definition) is 5. The summed E-state index contributed by atoms with van der Waals surface area (Å²) in [7, 11) is 1.61. The maximum atomic E-state index is 12.1. The molecule has 0 heterocycles. The third-order valence-corrected chi connectivity index (χ3v) is 6.45. The molecule has 36 heavy (non-hydrogen) atoms. The second-order valence-corrected chi connectivity index (χ2v) is 9.75. The minimum Gasteiger partial charge on any atom is -0.495 e. The number of methoxy groups -OCH3 is 1. The topological polar surface area (TPSA) is 74.2 Å². The molecule has 0 radical (unpaired) electrons. The molecule has 5 nitrogen and oxygen atoms in total. The Bertz CT molecular complexity index is 1300. The summed E-state index contributed by atoms with van der Waals surface area (Å²) in [5.41, 5.74) is 5.46. The number of ether oxygens (including phenoxy) is 1. The molecule has 0 saturated carbocycles. The summed E-state index contributed by atoms with van der Waals surface area (Å²) >= 11 is 12.6. The normalized spacial score (nSPS) is 12.6. The number of allylic oxidation sites excluding steroid dienone is 1. The van der Waals surface area contributed by atoms with Gasteiger partial charge in [-0.2, -0.15) is 0 Å². The smallest absolute Gasteiger partial charge is 0.168 e. The van der Waals surface area contributed by atoms with Crippen molar-refractivity contribution in [2.75, 3.05) is 17.7 Å². The Labute approximate surface area is 223 Å². The van der Waals surface area contributed by atoms with Crippen LogP contribution in [0.1, 0.15) is 36.6 Å². The van der Waals surface area contributed by atoms with Crippen LogP contribution in [0.4, 0.5) is 11.4 Å². The first-order chi connectivity index (χ1) is 17.2. The van der Waals surface area contributed by atoms with E-state index in [1.807, 2.05) is 88.4 Å². The number of aryl methyl sites for hydroxylation is 2. The van der Waals surface area contributed by atoms with E-state index < -0.39 is 6.04 Å². The summed E-state index contributed by atoms with van der Waals surface area (Å²) in [6.07, 6.45) is 0.576. The van der Waals surface area contributed by atoms with Gasteiger partial charge in [-0.15, -0.1) is 0 Å². The van der Waals surface area contributed by atoms with Crippen LogP contribution in [0.25, 0.3) is 0 Å². The zero-order chi connectivity index (χ0) is 26.4. The lowest BCUT2D eigenvalue weighted by Gasteiger charge is -2.30. The zero-order valence-corrected chi connectivity index (χ0v) is 22.6. The molecule has 1 unspecified atom stereocenters. The number of benzene rings is 3. The molecule has 3 aromatic rings. The summed E-state index contributed by atoms with van der Waals surface area (Å²) in [5, 5.41) is 17.0. The zero-order valence-electron chi connectivity index (χ0n) is 21.1. The van der Waals surface area contributed by atoms with Gasteiger partial charge in [0.2, 0.25) is 0 Å². The van der Waals surface area contributed by atoms with E-state index in [9.17, 15) is 4.79 Å². The minimum atomic E-state index is -0.545. The molecule has 0 amide bonds. The van der Waals surface area contributed by atoms with Crippen LogP contribution in [-0.2, 0) is 4.79 Å². The first-order valence-corrected chi connectivity index (χ1v) is 12.4. The van der Waals surface area contributed by atoms with Crippen molar-refractivity contribution in [1.82, 2.24) is 0 Å². The Hall–Kier alpha value is -3.28. The van der Waals surface area contributed by atoms with E-state index in [0.717, 1.165) is 33.8 Å².